The Morgan fingerprint density at radius 3 is 2.83 bits per heavy atom. The molecular formula is C16H19N5O2S. The highest BCUT2D eigenvalue weighted by molar-refractivity contribution is 7.20. The van der Waals surface area contributed by atoms with Gasteiger partial charge < -0.3 is 5.43 Å². The van der Waals surface area contributed by atoms with Crippen molar-refractivity contribution in [1.29, 1.82) is 5.26 Å². The number of nitriles is 1. The fourth-order valence-corrected chi connectivity index (χ4v) is 3.99. The Morgan fingerprint density at radius 2 is 2.21 bits per heavy atom. The first-order valence-corrected chi connectivity index (χ1v) is 8.77. The first-order valence-electron chi connectivity index (χ1n) is 7.95. The minimum absolute atomic E-state index is 0.0188. The molecule has 0 amide bonds. The van der Waals surface area contributed by atoms with Gasteiger partial charge in [0.15, 0.2) is 0 Å². The van der Waals surface area contributed by atoms with E-state index in [-0.39, 0.29) is 17.3 Å². The number of hydrazone groups is 1. The molecule has 2 aromatic rings. The van der Waals surface area contributed by atoms with Gasteiger partial charge in [0, 0.05) is 26.1 Å². The van der Waals surface area contributed by atoms with Crippen LogP contribution in [0, 0.1) is 18.3 Å². The van der Waals surface area contributed by atoms with Gasteiger partial charge in [-0.1, -0.05) is 0 Å². The number of hydrogen-bond donors (Lipinski definition) is 1. The Labute approximate surface area is 142 Å². The average molecular weight is 345 g/mol. The summed E-state index contributed by atoms with van der Waals surface area (Å²) in [4.78, 5) is 27.2. The Morgan fingerprint density at radius 1 is 1.46 bits per heavy atom. The van der Waals surface area contributed by atoms with E-state index >= 15 is 0 Å². The van der Waals surface area contributed by atoms with Gasteiger partial charge in [0.25, 0.3) is 5.56 Å². The number of unbranched alkanes of at least 4 members (excludes halogenated alkanes) is 1. The van der Waals surface area contributed by atoms with Crippen molar-refractivity contribution in [2.75, 3.05) is 7.05 Å². The lowest BCUT2D eigenvalue weighted by atomic mass is 10.2. The van der Waals surface area contributed by atoms with Crippen molar-refractivity contribution in [1.82, 2.24) is 14.6 Å². The predicted octanol–water partition coefficient (Wildman–Crippen LogP) is 1.73. The van der Waals surface area contributed by atoms with Gasteiger partial charge in [0.2, 0.25) is 0 Å². The standard InChI is InChI=1S/C16H19N5O2S/c1-10-12(9-19-18-2)24-15-13(10)14(22)21(11-5-6-11)16(23)20(15)8-4-3-7-17/h9,11,18H,3-6,8H2,1-2H3/b19-9+. The molecule has 0 unspecified atom stereocenters. The molecule has 8 heteroatoms. The van der Waals surface area contributed by atoms with Crippen molar-refractivity contribution in [3.8, 4) is 6.07 Å². The van der Waals surface area contributed by atoms with E-state index in [1.807, 2.05) is 6.92 Å². The van der Waals surface area contributed by atoms with Crippen LogP contribution in [0.25, 0.3) is 10.2 Å². The highest BCUT2D eigenvalue weighted by Crippen LogP contribution is 2.34. The van der Waals surface area contributed by atoms with E-state index in [2.05, 4.69) is 16.6 Å². The molecule has 126 valence electrons. The first-order chi connectivity index (χ1) is 11.6. The average Bonchev–Trinajstić information content (AvgIpc) is 3.33. The highest BCUT2D eigenvalue weighted by atomic mass is 32.1. The molecule has 3 rings (SSSR count). The van der Waals surface area contributed by atoms with Crippen molar-refractivity contribution in [2.45, 2.75) is 45.2 Å². The second-order valence-electron chi connectivity index (χ2n) is 5.86. The molecule has 1 aliphatic carbocycles. The maximum atomic E-state index is 12.9. The lowest BCUT2D eigenvalue weighted by Crippen LogP contribution is -2.39. The van der Waals surface area contributed by atoms with Crippen LogP contribution < -0.4 is 16.7 Å². The minimum atomic E-state index is -0.258. The van der Waals surface area contributed by atoms with Crippen LogP contribution in [0.4, 0.5) is 0 Å². The number of thiophene rings is 1. The van der Waals surface area contributed by atoms with E-state index in [4.69, 9.17) is 5.26 Å². The van der Waals surface area contributed by atoms with Crippen LogP contribution in [-0.4, -0.2) is 22.4 Å². The van der Waals surface area contributed by atoms with Gasteiger partial charge in [-0.2, -0.15) is 10.4 Å². The third-order valence-electron chi connectivity index (χ3n) is 4.17. The zero-order valence-corrected chi connectivity index (χ0v) is 14.5. The Bertz CT molecular complexity index is 956. The van der Waals surface area contributed by atoms with Crippen LogP contribution in [0.5, 0.6) is 0 Å². The molecule has 1 N–H and O–H groups in total. The molecule has 0 spiro atoms. The zero-order chi connectivity index (χ0) is 17.3. The molecule has 24 heavy (non-hydrogen) atoms. The molecule has 0 aliphatic heterocycles. The third-order valence-corrected chi connectivity index (χ3v) is 5.42. The number of hydrogen-bond acceptors (Lipinski definition) is 6. The summed E-state index contributed by atoms with van der Waals surface area (Å²) in [5.41, 5.74) is 3.09. The van der Waals surface area contributed by atoms with Crippen molar-refractivity contribution >= 4 is 27.8 Å². The highest BCUT2D eigenvalue weighted by Gasteiger charge is 2.30. The van der Waals surface area contributed by atoms with E-state index in [1.165, 1.54) is 15.9 Å². The molecule has 0 saturated heterocycles. The molecule has 1 fully saturated rings. The topological polar surface area (TPSA) is 92.2 Å². The van der Waals surface area contributed by atoms with Crippen LogP contribution in [0.1, 0.15) is 42.2 Å². The molecule has 2 heterocycles. The summed E-state index contributed by atoms with van der Waals surface area (Å²) in [5.74, 6) is 0. The van der Waals surface area contributed by atoms with E-state index in [1.54, 1.807) is 17.8 Å². The predicted molar refractivity (Wildman–Crippen MR) is 94.9 cm³/mol. The Hall–Kier alpha value is -2.40. The first kappa shape index (κ1) is 16.5. The zero-order valence-electron chi connectivity index (χ0n) is 13.7. The van der Waals surface area contributed by atoms with Gasteiger partial charge >= 0.3 is 5.69 Å². The summed E-state index contributed by atoms with van der Waals surface area (Å²) in [6.45, 7) is 2.33. The maximum absolute atomic E-state index is 12.9. The van der Waals surface area contributed by atoms with Crippen LogP contribution in [0.15, 0.2) is 14.7 Å². The fraction of sp³-hybridized carbons (Fsp3) is 0.500. The van der Waals surface area contributed by atoms with Gasteiger partial charge in [-0.15, -0.1) is 11.3 Å². The SMILES string of the molecule is CN/N=C/c1sc2c(c1C)c(=O)n(C1CC1)c(=O)n2CCCC#N. The summed E-state index contributed by atoms with van der Waals surface area (Å²) in [7, 11) is 1.71. The number of aryl methyl sites for hydroxylation is 2. The quantitative estimate of drug-likeness (QED) is 0.490. The maximum Gasteiger partial charge on any atom is 0.332 e. The summed E-state index contributed by atoms with van der Waals surface area (Å²) < 4.78 is 3.05. The van der Waals surface area contributed by atoms with Gasteiger partial charge in [0.1, 0.15) is 4.83 Å². The molecule has 1 aliphatic rings. The summed E-state index contributed by atoms with van der Waals surface area (Å²) in [5, 5.41) is 13.4. The molecular weight excluding hydrogens is 326 g/mol. The fourth-order valence-electron chi connectivity index (χ4n) is 2.80. The number of rotatable bonds is 6. The van der Waals surface area contributed by atoms with Crippen LogP contribution in [0.2, 0.25) is 0 Å². The second kappa shape index (κ2) is 6.61. The lowest BCUT2D eigenvalue weighted by molar-refractivity contribution is 0.568. The summed E-state index contributed by atoms with van der Waals surface area (Å²) in [6, 6.07) is 2.12. The second-order valence-corrected chi connectivity index (χ2v) is 6.89. The van der Waals surface area contributed by atoms with Gasteiger partial charge in [-0.3, -0.25) is 13.9 Å². The Balaban J connectivity index is 2.26. The van der Waals surface area contributed by atoms with E-state index in [0.29, 0.717) is 29.6 Å². The van der Waals surface area contributed by atoms with Crippen LogP contribution >= 0.6 is 11.3 Å². The van der Waals surface area contributed by atoms with E-state index < -0.39 is 0 Å². The molecule has 7 nitrogen and oxygen atoms in total. The van der Waals surface area contributed by atoms with Crippen molar-refractivity contribution in [2.24, 2.45) is 5.10 Å². The summed E-state index contributed by atoms with van der Waals surface area (Å²) in [6.07, 6.45) is 4.39. The van der Waals surface area contributed by atoms with E-state index in [0.717, 1.165) is 23.3 Å². The molecule has 0 bridgehead atoms. The molecule has 0 aromatic carbocycles. The smallest absolute Gasteiger partial charge is 0.313 e. The Kier molecular flexibility index (Phi) is 4.53. The minimum Gasteiger partial charge on any atom is -0.313 e. The normalized spacial score (nSPS) is 14.4. The number of fused-ring (bicyclic) bond motifs is 1. The third kappa shape index (κ3) is 2.76. The monoisotopic (exact) mass is 345 g/mol. The molecule has 0 atom stereocenters. The van der Waals surface area contributed by atoms with Gasteiger partial charge in [-0.25, -0.2) is 4.79 Å². The lowest BCUT2D eigenvalue weighted by Gasteiger charge is -2.10. The summed E-state index contributed by atoms with van der Waals surface area (Å²) >= 11 is 1.40. The largest absolute Gasteiger partial charge is 0.332 e. The number of nitrogens with one attached hydrogen (secondary N) is 1. The van der Waals surface area contributed by atoms with Crippen molar-refractivity contribution in [3.63, 3.8) is 0 Å². The number of aromatic nitrogens is 2. The van der Waals surface area contributed by atoms with Gasteiger partial charge in [-0.05, 0) is 31.7 Å². The molecule has 2 aromatic heterocycles. The molecule has 1 saturated carbocycles. The van der Waals surface area contributed by atoms with E-state index in [9.17, 15) is 9.59 Å². The van der Waals surface area contributed by atoms with Crippen LogP contribution in [0.3, 0.4) is 0 Å². The number of nitrogens with zero attached hydrogens (tertiary/aromatic N) is 4. The van der Waals surface area contributed by atoms with Crippen molar-refractivity contribution in [3.05, 3.63) is 31.3 Å². The van der Waals surface area contributed by atoms with Gasteiger partial charge in [0.05, 0.1) is 22.5 Å². The molecule has 0 radical (unpaired) electrons. The van der Waals surface area contributed by atoms with Crippen LogP contribution in [-0.2, 0) is 6.54 Å². The van der Waals surface area contributed by atoms with Crippen molar-refractivity contribution < 1.29 is 0 Å².